The van der Waals surface area contributed by atoms with E-state index in [0.717, 1.165) is 18.4 Å². The lowest BCUT2D eigenvalue weighted by Crippen LogP contribution is -2.35. The molecule has 0 aliphatic carbocycles. The Morgan fingerprint density at radius 3 is 2.68 bits per heavy atom. The Morgan fingerprint density at radius 2 is 2.05 bits per heavy atom. The molecule has 0 aliphatic heterocycles. The summed E-state index contributed by atoms with van der Waals surface area (Å²) in [5.74, 6) is -0.0185. The molecule has 1 rings (SSSR count). The molecule has 0 aliphatic rings. The highest BCUT2D eigenvalue weighted by atomic mass is 16.2. The molecule has 0 aromatic heterocycles. The fourth-order valence-corrected chi connectivity index (χ4v) is 1.91. The van der Waals surface area contributed by atoms with Gasteiger partial charge in [0.05, 0.1) is 6.42 Å². The zero-order valence-corrected chi connectivity index (χ0v) is 11.8. The van der Waals surface area contributed by atoms with Gasteiger partial charge >= 0.3 is 0 Å². The topological polar surface area (TPSA) is 75.3 Å². The number of aliphatic hydroxyl groups is 1. The van der Waals surface area contributed by atoms with Crippen molar-refractivity contribution in [1.29, 1.82) is 0 Å². The zero-order chi connectivity index (χ0) is 14.3. The van der Waals surface area contributed by atoms with Crippen LogP contribution in [0.3, 0.4) is 0 Å². The molecule has 1 aromatic rings. The van der Waals surface area contributed by atoms with Gasteiger partial charge in [-0.15, -0.1) is 0 Å². The second kappa shape index (κ2) is 7.14. The molecule has 106 valence electrons. The van der Waals surface area contributed by atoms with E-state index in [1.807, 2.05) is 18.2 Å². The van der Waals surface area contributed by atoms with Crippen molar-refractivity contribution in [3.8, 4) is 0 Å². The summed E-state index contributed by atoms with van der Waals surface area (Å²) in [7, 11) is 0. The number of aliphatic hydroxyl groups excluding tert-OH is 1. The number of nitrogen functional groups attached to an aromatic ring is 1. The lowest BCUT2D eigenvalue weighted by atomic mass is 9.88. The van der Waals surface area contributed by atoms with Gasteiger partial charge in [-0.1, -0.05) is 32.0 Å². The summed E-state index contributed by atoms with van der Waals surface area (Å²) in [4.78, 5) is 11.9. The molecule has 0 heterocycles. The maximum absolute atomic E-state index is 11.9. The summed E-state index contributed by atoms with van der Waals surface area (Å²) in [6.07, 6.45) is 1.95. The van der Waals surface area contributed by atoms with Crippen molar-refractivity contribution in [2.45, 2.75) is 33.1 Å². The second-order valence-electron chi connectivity index (χ2n) is 5.64. The number of rotatable bonds is 7. The monoisotopic (exact) mass is 264 g/mol. The van der Waals surface area contributed by atoms with Gasteiger partial charge in [-0.2, -0.15) is 0 Å². The predicted octanol–water partition coefficient (Wildman–Crippen LogP) is 1.73. The van der Waals surface area contributed by atoms with Crippen molar-refractivity contribution >= 4 is 11.6 Å². The van der Waals surface area contributed by atoms with Gasteiger partial charge < -0.3 is 16.2 Å². The molecular weight excluding hydrogens is 240 g/mol. The van der Waals surface area contributed by atoms with Gasteiger partial charge in [0.25, 0.3) is 0 Å². The van der Waals surface area contributed by atoms with Crippen LogP contribution in [0.5, 0.6) is 0 Å². The first kappa shape index (κ1) is 15.5. The highest BCUT2D eigenvalue weighted by Gasteiger charge is 2.18. The van der Waals surface area contributed by atoms with Gasteiger partial charge in [-0.25, -0.2) is 0 Å². The van der Waals surface area contributed by atoms with Crippen LogP contribution in [-0.4, -0.2) is 24.2 Å². The molecule has 1 amide bonds. The van der Waals surface area contributed by atoms with Crippen LogP contribution in [0.15, 0.2) is 24.3 Å². The molecule has 0 unspecified atom stereocenters. The van der Waals surface area contributed by atoms with E-state index in [0.29, 0.717) is 18.7 Å². The molecule has 0 fully saturated rings. The molecule has 4 nitrogen and oxygen atoms in total. The number of carbonyl (C=O) groups excluding carboxylic acids is 1. The standard InChI is InChI=1S/C15H24N2O2/c1-15(2,8-5-9-18)11-17-14(19)10-12-6-3-4-7-13(12)16/h3-4,6-7,18H,5,8-11,16H2,1-2H3,(H,17,19). The largest absolute Gasteiger partial charge is 0.398 e. The number of anilines is 1. The first-order chi connectivity index (χ1) is 8.94. The maximum atomic E-state index is 11.9. The number of hydrogen-bond donors (Lipinski definition) is 3. The number of hydrogen-bond acceptors (Lipinski definition) is 3. The van der Waals surface area contributed by atoms with Crippen molar-refractivity contribution in [3.63, 3.8) is 0 Å². The second-order valence-corrected chi connectivity index (χ2v) is 5.64. The molecule has 19 heavy (non-hydrogen) atoms. The molecule has 0 bridgehead atoms. The summed E-state index contributed by atoms with van der Waals surface area (Å²) in [6.45, 7) is 4.97. The van der Waals surface area contributed by atoms with Crippen LogP contribution in [0.25, 0.3) is 0 Å². The third kappa shape index (κ3) is 5.75. The van der Waals surface area contributed by atoms with Gasteiger partial charge in [0.15, 0.2) is 0 Å². The quantitative estimate of drug-likeness (QED) is 0.656. The number of carbonyl (C=O) groups is 1. The van der Waals surface area contributed by atoms with Gasteiger partial charge in [-0.05, 0) is 29.9 Å². The van der Waals surface area contributed by atoms with E-state index >= 15 is 0 Å². The molecular formula is C15H24N2O2. The molecule has 0 saturated heterocycles. The van der Waals surface area contributed by atoms with Crippen molar-refractivity contribution in [2.75, 3.05) is 18.9 Å². The van der Waals surface area contributed by atoms with Crippen LogP contribution >= 0.6 is 0 Å². The smallest absolute Gasteiger partial charge is 0.224 e. The van der Waals surface area contributed by atoms with E-state index in [4.69, 9.17) is 10.8 Å². The van der Waals surface area contributed by atoms with E-state index in [1.54, 1.807) is 6.07 Å². The van der Waals surface area contributed by atoms with E-state index in [2.05, 4.69) is 19.2 Å². The minimum Gasteiger partial charge on any atom is -0.398 e. The Kier molecular flexibility index (Phi) is 5.83. The van der Waals surface area contributed by atoms with E-state index in [9.17, 15) is 4.79 Å². The van der Waals surface area contributed by atoms with Gasteiger partial charge in [0.1, 0.15) is 0 Å². The number of benzene rings is 1. The lowest BCUT2D eigenvalue weighted by Gasteiger charge is -2.24. The number of nitrogens with one attached hydrogen (secondary N) is 1. The van der Waals surface area contributed by atoms with Crippen LogP contribution in [0.4, 0.5) is 5.69 Å². The highest BCUT2D eigenvalue weighted by Crippen LogP contribution is 2.20. The summed E-state index contributed by atoms with van der Waals surface area (Å²) in [5.41, 5.74) is 7.31. The third-order valence-electron chi connectivity index (χ3n) is 3.18. The Hall–Kier alpha value is -1.55. The first-order valence-electron chi connectivity index (χ1n) is 6.65. The minimum atomic E-state index is -0.0185. The number of amides is 1. The molecule has 4 heteroatoms. The predicted molar refractivity (Wildman–Crippen MR) is 77.7 cm³/mol. The van der Waals surface area contributed by atoms with Crippen molar-refractivity contribution in [3.05, 3.63) is 29.8 Å². The van der Waals surface area contributed by atoms with Crippen LogP contribution in [0, 0.1) is 5.41 Å². The Balaban J connectivity index is 2.42. The third-order valence-corrected chi connectivity index (χ3v) is 3.18. The van der Waals surface area contributed by atoms with Gasteiger partial charge in [0, 0.05) is 18.8 Å². The van der Waals surface area contributed by atoms with Crippen LogP contribution in [0.1, 0.15) is 32.3 Å². The van der Waals surface area contributed by atoms with Crippen LogP contribution in [-0.2, 0) is 11.2 Å². The number of para-hydroxylation sites is 1. The lowest BCUT2D eigenvalue weighted by molar-refractivity contribution is -0.120. The maximum Gasteiger partial charge on any atom is 0.224 e. The zero-order valence-electron chi connectivity index (χ0n) is 11.8. The van der Waals surface area contributed by atoms with Crippen LogP contribution in [0.2, 0.25) is 0 Å². The van der Waals surface area contributed by atoms with Crippen molar-refractivity contribution < 1.29 is 9.90 Å². The van der Waals surface area contributed by atoms with E-state index in [-0.39, 0.29) is 17.9 Å². The summed E-state index contributed by atoms with van der Waals surface area (Å²) in [6, 6.07) is 7.40. The van der Waals surface area contributed by atoms with Gasteiger partial charge in [0.2, 0.25) is 5.91 Å². The normalized spacial score (nSPS) is 11.3. The SMILES string of the molecule is CC(C)(CCCO)CNC(=O)Cc1ccccc1N. The van der Waals surface area contributed by atoms with Crippen molar-refractivity contribution in [1.82, 2.24) is 5.32 Å². The molecule has 0 radical (unpaired) electrons. The summed E-state index contributed by atoms with van der Waals surface area (Å²) in [5, 5.41) is 11.8. The molecule has 0 atom stereocenters. The Labute approximate surface area is 115 Å². The summed E-state index contributed by atoms with van der Waals surface area (Å²) < 4.78 is 0. The molecule has 0 spiro atoms. The van der Waals surface area contributed by atoms with Gasteiger partial charge in [-0.3, -0.25) is 4.79 Å². The van der Waals surface area contributed by atoms with Crippen molar-refractivity contribution in [2.24, 2.45) is 5.41 Å². The van der Waals surface area contributed by atoms with E-state index in [1.165, 1.54) is 0 Å². The van der Waals surface area contributed by atoms with E-state index < -0.39 is 0 Å². The first-order valence-corrected chi connectivity index (χ1v) is 6.65. The Bertz CT molecular complexity index is 416. The molecule has 0 saturated carbocycles. The molecule has 1 aromatic carbocycles. The Morgan fingerprint density at radius 1 is 1.37 bits per heavy atom. The fourth-order valence-electron chi connectivity index (χ4n) is 1.91. The van der Waals surface area contributed by atoms with Crippen LogP contribution < -0.4 is 11.1 Å². The average molecular weight is 264 g/mol. The minimum absolute atomic E-state index is 0.000618. The highest BCUT2D eigenvalue weighted by molar-refractivity contribution is 5.80. The molecule has 4 N–H and O–H groups in total. The average Bonchev–Trinajstić information content (AvgIpc) is 2.37. The fraction of sp³-hybridized carbons (Fsp3) is 0.533. The number of nitrogens with two attached hydrogens (primary N) is 1. The summed E-state index contributed by atoms with van der Waals surface area (Å²) >= 11 is 0.